The number of anilines is 1. The van der Waals surface area contributed by atoms with Gasteiger partial charge in [0.25, 0.3) is 0 Å². The van der Waals surface area contributed by atoms with Crippen LogP contribution in [0.4, 0.5) is 5.69 Å². The molecule has 0 unspecified atom stereocenters. The second-order valence-corrected chi connectivity index (χ2v) is 5.65. The summed E-state index contributed by atoms with van der Waals surface area (Å²) in [4.78, 5) is 12.1. The first-order valence-corrected chi connectivity index (χ1v) is 7.91. The summed E-state index contributed by atoms with van der Waals surface area (Å²) in [5.74, 6) is 0.739. The number of hydrogen-bond donors (Lipinski definition) is 2. The third kappa shape index (κ3) is 5.59. The number of nitrogens with two attached hydrogens (primary N) is 1. The molecule has 0 bridgehead atoms. The monoisotopic (exact) mass is 328 g/mol. The number of rotatable bonds is 8. The average molecular weight is 328 g/mol. The summed E-state index contributed by atoms with van der Waals surface area (Å²) in [6.07, 6.45) is 0.325. The predicted molar refractivity (Wildman–Crippen MR) is 95.0 cm³/mol. The number of nitrogen functional groups attached to an aromatic ring is 1. The maximum Gasteiger partial charge on any atom is 0.224 e. The lowest BCUT2D eigenvalue weighted by atomic mass is 10.1. The molecule has 128 valence electrons. The van der Waals surface area contributed by atoms with Crippen LogP contribution in [0.25, 0.3) is 0 Å². The molecule has 0 radical (unpaired) electrons. The SMILES string of the molecule is COCCOc1cc(C)ccc1CNC(=O)Cc1ccc(N)cc1. The van der Waals surface area contributed by atoms with Crippen LogP contribution in [0, 0.1) is 6.92 Å². The Labute approximate surface area is 142 Å². The predicted octanol–water partition coefficient (Wildman–Crippen LogP) is 2.46. The van der Waals surface area contributed by atoms with E-state index >= 15 is 0 Å². The number of carbonyl (C=O) groups is 1. The van der Waals surface area contributed by atoms with Gasteiger partial charge in [-0.15, -0.1) is 0 Å². The lowest BCUT2D eigenvalue weighted by Gasteiger charge is -2.13. The van der Waals surface area contributed by atoms with Crippen LogP contribution >= 0.6 is 0 Å². The molecule has 2 aromatic carbocycles. The van der Waals surface area contributed by atoms with E-state index in [9.17, 15) is 4.79 Å². The number of hydrogen-bond acceptors (Lipinski definition) is 4. The van der Waals surface area contributed by atoms with Gasteiger partial charge >= 0.3 is 0 Å². The van der Waals surface area contributed by atoms with E-state index in [-0.39, 0.29) is 5.91 Å². The molecule has 0 fully saturated rings. The molecule has 2 rings (SSSR count). The van der Waals surface area contributed by atoms with Gasteiger partial charge in [-0.05, 0) is 36.2 Å². The van der Waals surface area contributed by atoms with Crippen molar-refractivity contribution in [3.05, 3.63) is 59.2 Å². The number of aryl methyl sites for hydroxylation is 1. The van der Waals surface area contributed by atoms with Crippen molar-refractivity contribution in [2.75, 3.05) is 26.1 Å². The minimum Gasteiger partial charge on any atom is -0.491 e. The van der Waals surface area contributed by atoms with Gasteiger partial charge < -0.3 is 20.5 Å². The van der Waals surface area contributed by atoms with E-state index < -0.39 is 0 Å². The maximum absolute atomic E-state index is 12.1. The van der Waals surface area contributed by atoms with Gasteiger partial charge in [-0.3, -0.25) is 4.79 Å². The number of amides is 1. The van der Waals surface area contributed by atoms with E-state index in [1.165, 1.54) is 0 Å². The van der Waals surface area contributed by atoms with Gasteiger partial charge in [-0.2, -0.15) is 0 Å². The first-order valence-electron chi connectivity index (χ1n) is 7.91. The topological polar surface area (TPSA) is 73.6 Å². The molecule has 24 heavy (non-hydrogen) atoms. The van der Waals surface area contributed by atoms with E-state index in [2.05, 4.69) is 5.32 Å². The Balaban J connectivity index is 1.92. The van der Waals surface area contributed by atoms with Crippen LogP contribution in [0.1, 0.15) is 16.7 Å². The van der Waals surface area contributed by atoms with Crippen molar-refractivity contribution >= 4 is 11.6 Å². The van der Waals surface area contributed by atoms with Gasteiger partial charge in [0.1, 0.15) is 12.4 Å². The fraction of sp³-hybridized carbons (Fsp3) is 0.316. The first kappa shape index (κ1) is 17.8. The number of benzene rings is 2. The lowest BCUT2D eigenvalue weighted by Crippen LogP contribution is -2.25. The van der Waals surface area contributed by atoms with Gasteiger partial charge in [0.15, 0.2) is 0 Å². The van der Waals surface area contributed by atoms with Crippen molar-refractivity contribution in [2.45, 2.75) is 19.9 Å². The van der Waals surface area contributed by atoms with E-state index in [0.717, 1.165) is 22.4 Å². The Morgan fingerprint density at radius 1 is 1.12 bits per heavy atom. The van der Waals surface area contributed by atoms with Crippen LogP contribution in [-0.4, -0.2) is 26.2 Å². The third-order valence-electron chi connectivity index (χ3n) is 3.59. The second kappa shape index (κ2) is 8.93. The van der Waals surface area contributed by atoms with Crippen molar-refractivity contribution in [2.24, 2.45) is 0 Å². The van der Waals surface area contributed by atoms with Crippen molar-refractivity contribution in [1.82, 2.24) is 5.32 Å². The van der Waals surface area contributed by atoms with Crippen LogP contribution in [0.5, 0.6) is 5.75 Å². The van der Waals surface area contributed by atoms with Crippen molar-refractivity contribution in [3.63, 3.8) is 0 Å². The molecular weight excluding hydrogens is 304 g/mol. The van der Waals surface area contributed by atoms with Crippen LogP contribution in [0.3, 0.4) is 0 Å². The summed E-state index contributed by atoms with van der Waals surface area (Å²) in [7, 11) is 1.64. The fourth-order valence-corrected chi connectivity index (χ4v) is 2.25. The molecule has 0 atom stereocenters. The molecule has 0 saturated carbocycles. The zero-order chi connectivity index (χ0) is 17.4. The summed E-state index contributed by atoms with van der Waals surface area (Å²) in [6.45, 7) is 3.44. The average Bonchev–Trinajstić information content (AvgIpc) is 2.56. The molecule has 0 aromatic heterocycles. The van der Waals surface area contributed by atoms with Crippen LogP contribution in [0.2, 0.25) is 0 Å². The third-order valence-corrected chi connectivity index (χ3v) is 3.59. The highest BCUT2D eigenvalue weighted by atomic mass is 16.5. The van der Waals surface area contributed by atoms with Gasteiger partial charge in [0, 0.05) is 24.9 Å². The van der Waals surface area contributed by atoms with E-state index in [1.807, 2.05) is 37.3 Å². The summed E-state index contributed by atoms with van der Waals surface area (Å²) in [5, 5.41) is 2.93. The van der Waals surface area contributed by atoms with Gasteiger partial charge in [-0.25, -0.2) is 0 Å². The minimum absolute atomic E-state index is 0.0387. The molecular formula is C19H24N2O3. The van der Waals surface area contributed by atoms with Crippen LogP contribution in [-0.2, 0) is 22.5 Å². The molecule has 0 saturated heterocycles. The largest absolute Gasteiger partial charge is 0.491 e. The van der Waals surface area contributed by atoms with Gasteiger partial charge in [-0.1, -0.05) is 24.3 Å². The highest BCUT2D eigenvalue weighted by molar-refractivity contribution is 5.78. The summed E-state index contributed by atoms with van der Waals surface area (Å²) >= 11 is 0. The van der Waals surface area contributed by atoms with Crippen LogP contribution < -0.4 is 15.8 Å². The highest BCUT2D eigenvalue weighted by Crippen LogP contribution is 2.20. The molecule has 0 spiro atoms. The number of ether oxygens (including phenoxy) is 2. The van der Waals surface area contributed by atoms with Gasteiger partial charge in [0.05, 0.1) is 13.0 Å². The zero-order valence-electron chi connectivity index (χ0n) is 14.2. The highest BCUT2D eigenvalue weighted by Gasteiger charge is 2.08. The molecule has 3 N–H and O–H groups in total. The molecule has 1 amide bonds. The number of methoxy groups -OCH3 is 1. The Morgan fingerprint density at radius 2 is 1.88 bits per heavy atom. The number of nitrogens with one attached hydrogen (secondary N) is 1. The second-order valence-electron chi connectivity index (χ2n) is 5.65. The quantitative estimate of drug-likeness (QED) is 0.577. The van der Waals surface area contributed by atoms with E-state index in [1.54, 1.807) is 19.2 Å². The Bertz CT molecular complexity index is 669. The molecule has 0 aliphatic carbocycles. The normalized spacial score (nSPS) is 10.4. The first-order chi connectivity index (χ1) is 11.6. The molecule has 2 aromatic rings. The van der Waals surface area contributed by atoms with E-state index in [0.29, 0.717) is 31.9 Å². The summed E-state index contributed by atoms with van der Waals surface area (Å²) < 4.78 is 10.7. The zero-order valence-corrected chi connectivity index (χ0v) is 14.2. The van der Waals surface area contributed by atoms with Gasteiger partial charge in [0.2, 0.25) is 5.91 Å². The maximum atomic E-state index is 12.1. The standard InChI is InChI=1S/C19H24N2O3/c1-14-3-6-16(18(11-14)24-10-9-23-2)13-21-19(22)12-15-4-7-17(20)8-5-15/h3-8,11H,9-10,12-13,20H2,1-2H3,(H,21,22). The van der Waals surface area contributed by atoms with Crippen LogP contribution in [0.15, 0.2) is 42.5 Å². The Hall–Kier alpha value is -2.53. The molecule has 0 heterocycles. The summed E-state index contributed by atoms with van der Waals surface area (Å²) in [5.41, 5.74) is 9.33. The Kier molecular flexibility index (Phi) is 6.63. The summed E-state index contributed by atoms with van der Waals surface area (Å²) in [6, 6.07) is 13.3. The van der Waals surface area contributed by atoms with Crippen molar-refractivity contribution < 1.29 is 14.3 Å². The smallest absolute Gasteiger partial charge is 0.224 e. The van der Waals surface area contributed by atoms with Crippen molar-refractivity contribution in [1.29, 1.82) is 0 Å². The van der Waals surface area contributed by atoms with Crippen molar-refractivity contribution in [3.8, 4) is 5.75 Å². The molecule has 5 heteroatoms. The number of carbonyl (C=O) groups excluding carboxylic acids is 1. The lowest BCUT2D eigenvalue weighted by molar-refractivity contribution is -0.120. The molecule has 0 aliphatic heterocycles. The Morgan fingerprint density at radius 3 is 2.58 bits per heavy atom. The molecule has 5 nitrogen and oxygen atoms in total. The minimum atomic E-state index is -0.0387. The fourth-order valence-electron chi connectivity index (χ4n) is 2.25. The molecule has 0 aliphatic rings. The van der Waals surface area contributed by atoms with E-state index in [4.69, 9.17) is 15.2 Å².